The van der Waals surface area contributed by atoms with E-state index in [0.29, 0.717) is 23.8 Å². The van der Waals surface area contributed by atoms with Crippen molar-refractivity contribution in [2.75, 3.05) is 18.9 Å². The molecule has 3 N–H and O–H groups in total. The van der Waals surface area contributed by atoms with Gasteiger partial charge in [0.1, 0.15) is 5.82 Å². The predicted molar refractivity (Wildman–Crippen MR) is 91.9 cm³/mol. The van der Waals surface area contributed by atoms with Crippen LogP contribution in [0.2, 0.25) is 0 Å². The van der Waals surface area contributed by atoms with Gasteiger partial charge in [-0.1, -0.05) is 18.2 Å². The second-order valence-corrected chi connectivity index (χ2v) is 7.05. The van der Waals surface area contributed by atoms with Gasteiger partial charge in [0.25, 0.3) is 0 Å². The zero-order chi connectivity index (χ0) is 16.5. The van der Waals surface area contributed by atoms with Crippen LogP contribution in [0.25, 0.3) is 0 Å². The average molecular weight is 340 g/mol. The third-order valence-electron chi connectivity index (χ3n) is 4.19. The number of hydrogen-bond acceptors (Lipinski definition) is 3. The first kappa shape index (κ1) is 18.1. The van der Waals surface area contributed by atoms with Crippen molar-refractivity contribution in [2.45, 2.75) is 37.5 Å². The number of rotatable bonds is 7. The molecule has 2 amide bonds. The summed E-state index contributed by atoms with van der Waals surface area (Å²) >= 11 is 1.60. The topological polar surface area (TPSA) is 61.4 Å². The highest BCUT2D eigenvalue weighted by molar-refractivity contribution is 7.98. The summed E-state index contributed by atoms with van der Waals surface area (Å²) in [6.07, 6.45) is 3.81. The maximum absolute atomic E-state index is 13.4. The first-order valence-corrected chi connectivity index (χ1v) is 9.31. The molecule has 1 aliphatic rings. The molecule has 23 heavy (non-hydrogen) atoms. The lowest BCUT2D eigenvalue weighted by atomic mass is 9.87. The normalized spacial score (nSPS) is 21.0. The van der Waals surface area contributed by atoms with E-state index in [9.17, 15) is 9.18 Å². The van der Waals surface area contributed by atoms with Gasteiger partial charge < -0.3 is 15.7 Å². The van der Waals surface area contributed by atoms with Gasteiger partial charge in [0.15, 0.2) is 0 Å². The van der Waals surface area contributed by atoms with Crippen LogP contribution in [0.15, 0.2) is 24.3 Å². The number of hydrogen-bond donors (Lipinski definition) is 3. The SMILES string of the molecule is O=C(NCCSCc1ccccc1F)NC1CCC(CO)CC1. The van der Waals surface area contributed by atoms with E-state index in [2.05, 4.69) is 10.6 Å². The molecule has 1 fully saturated rings. The lowest BCUT2D eigenvalue weighted by Gasteiger charge is -2.27. The Kier molecular flexibility index (Phi) is 7.68. The maximum atomic E-state index is 13.4. The van der Waals surface area contributed by atoms with E-state index in [-0.39, 0.29) is 24.5 Å². The summed E-state index contributed by atoms with van der Waals surface area (Å²) in [5.74, 6) is 1.58. The largest absolute Gasteiger partial charge is 0.396 e. The minimum Gasteiger partial charge on any atom is -0.396 e. The molecular formula is C17H25FN2O2S. The van der Waals surface area contributed by atoms with Crippen molar-refractivity contribution >= 4 is 17.8 Å². The van der Waals surface area contributed by atoms with Gasteiger partial charge in [0.2, 0.25) is 0 Å². The average Bonchev–Trinajstić information content (AvgIpc) is 2.57. The van der Waals surface area contributed by atoms with Gasteiger partial charge in [-0.15, -0.1) is 0 Å². The molecule has 1 aromatic rings. The highest BCUT2D eigenvalue weighted by atomic mass is 32.2. The molecule has 0 atom stereocenters. The molecule has 0 heterocycles. The fraction of sp³-hybridized carbons (Fsp3) is 0.588. The summed E-state index contributed by atoms with van der Waals surface area (Å²) in [6.45, 7) is 0.815. The molecule has 0 radical (unpaired) electrons. The summed E-state index contributed by atoms with van der Waals surface area (Å²) in [5.41, 5.74) is 0.697. The lowest BCUT2D eigenvalue weighted by molar-refractivity contribution is 0.174. The van der Waals surface area contributed by atoms with Gasteiger partial charge in [-0.3, -0.25) is 0 Å². The Morgan fingerprint density at radius 2 is 2.00 bits per heavy atom. The number of aliphatic hydroxyl groups excluding tert-OH is 1. The molecule has 1 aliphatic carbocycles. The van der Waals surface area contributed by atoms with Gasteiger partial charge >= 0.3 is 6.03 Å². The summed E-state index contributed by atoms with van der Waals surface area (Å²) < 4.78 is 13.4. The maximum Gasteiger partial charge on any atom is 0.315 e. The van der Waals surface area contributed by atoms with Crippen molar-refractivity contribution < 1.29 is 14.3 Å². The molecular weight excluding hydrogens is 315 g/mol. The second kappa shape index (κ2) is 9.78. The van der Waals surface area contributed by atoms with E-state index >= 15 is 0 Å². The third kappa shape index (κ3) is 6.39. The zero-order valence-electron chi connectivity index (χ0n) is 13.3. The number of carbonyl (C=O) groups excluding carboxylic acids is 1. The van der Waals surface area contributed by atoms with Crippen molar-refractivity contribution in [1.29, 1.82) is 0 Å². The van der Waals surface area contributed by atoms with E-state index in [1.807, 2.05) is 6.07 Å². The van der Waals surface area contributed by atoms with E-state index in [4.69, 9.17) is 5.11 Å². The number of benzene rings is 1. The van der Waals surface area contributed by atoms with Crippen LogP contribution in [-0.2, 0) is 5.75 Å². The Hall–Kier alpha value is -1.27. The number of nitrogens with one attached hydrogen (secondary N) is 2. The number of aliphatic hydroxyl groups is 1. The summed E-state index contributed by atoms with van der Waals surface area (Å²) in [6, 6.07) is 6.84. The van der Waals surface area contributed by atoms with Gasteiger partial charge in [-0.05, 0) is 43.2 Å². The molecule has 0 spiro atoms. The molecule has 0 bridgehead atoms. The number of carbonyl (C=O) groups is 1. The quantitative estimate of drug-likeness (QED) is 0.669. The van der Waals surface area contributed by atoms with Gasteiger partial charge in [0.05, 0.1) is 0 Å². The molecule has 0 aromatic heterocycles. The molecule has 6 heteroatoms. The van der Waals surface area contributed by atoms with Crippen molar-refractivity contribution in [3.05, 3.63) is 35.6 Å². The first-order valence-electron chi connectivity index (χ1n) is 8.15. The van der Waals surface area contributed by atoms with E-state index < -0.39 is 0 Å². The Labute approximate surface area is 141 Å². The van der Waals surface area contributed by atoms with Crippen molar-refractivity contribution in [3.8, 4) is 0 Å². The molecule has 128 valence electrons. The van der Waals surface area contributed by atoms with Crippen molar-refractivity contribution in [2.24, 2.45) is 5.92 Å². The Bertz CT molecular complexity index is 493. The van der Waals surface area contributed by atoms with E-state index in [1.54, 1.807) is 23.9 Å². The smallest absolute Gasteiger partial charge is 0.315 e. The third-order valence-corrected chi connectivity index (χ3v) is 5.20. The fourth-order valence-corrected chi connectivity index (χ4v) is 3.60. The van der Waals surface area contributed by atoms with Crippen LogP contribution in [0.4, 0.5) is 9.18 Å². The van der Waals surface area contributed by atoms with Crippen LogP contribution in [0.3, 0.4) is 0 Å². The Morgan fingerprint density at radius 1 is 1.26 bits per heavy atom. The van der Waals surface area contributed by atoms with Gasteiger partial charge in [-0.2, -0.15) is 11.8 Å². The first-order chi connectivity index (χ1) is 11.2. The molecule has 2 rings (SSSR count). The van der Waals surface area contributed by atoms with Crippen LogP contribution >= 0.6 is 11.8 Å². The Balaban J connectivity index is 1.54. The Morgan fingerprint density at radius 3 is 2.70 bits per heavy atom. The predicted octanol–water partition coefficient (Wildman–Crippen LogP) is 2.91. The molecule has 0 unspecified atom stereocenters. The van der Waals surface area contributed by atoms with Gasteiger partial charge in [0, 0.05) is 30.7 Å². The van der Waals surface area contributed by atoms with Crippen LogP contribution in [0.5, 0.6) is 0 Å². The van der Waals surface area contributed by atoms with E-state index in [1.165, 1.54) is 6.07 Å². The molecule has 4 nitrogen and oxygen atoms in total. The number of amides is 2. The van der Waals surface area contributed by atoms with Crippen LogP contribution in [0, 0.1) is 11.7 Å². The van der Waals surface area contributed by atoms with Gasteiger partial charge in [-0.25, -0.2) is 9.18 Å². The van der Waals surface area contributed by atoms with E-state index in [0.717, 1.165) is 31.4 Å². The standard InChI is InChI=1S/C17H25FN2O2S/c18-16-4-2-1-3-14(16)12-23-10-9-19-17(22)20-15-7-5-13(11-21)6-8-15/h1-4,13,15,21H,5-12H2,(H2,19,20,22). The van der Waals surface area contributed by atoms with Crippen LogP contribution in [-0.4, -0.2) is 36.1 Å². The summed E-state index contributed by atoms with van der Waals surface area (Å²) in [7, 11) is 0. The number of urea groups is 1. The monoisotopic (exact) mass is 340 g/mol. The fourth-order valence-electron chi connectivity index (χ4n) is 2.76. The minimum atomic E-state index is -0.177. The lowest BCUT2D eigenvalue weighted by Crippen LogP contribution is -2.44. The molecule has 0 saturated heterocycles. The highest BCUT2D eigenvalue weighted by Crippen LogP contribution is 2.23. The minimum absolute atomic E-state index is 0.135. The summed E-state index contributed by atoms with van der Waals surface area (Å²) in [5, 5.41) is 14.9. The molecule has 1 aromatic carbocycles. The zero-order valence-corrected chi connectivity index (χ0v) is 14.1. The van der Waals surface area contributed by atoms with Crippen molar-refractivity contribution in [1.82, 2.24) is 10.6 Å². The number of thioether (sulfide) groups is 1. The number of halogens is 1. The molecule has 0 aliphatic heterocycles. The van der Waals surface area contributed by atoms with Crippen LogP contribution in [0.1, 0.15) is 31.2 Å². The summed E-state index contributed by atoms with van der Waals surface area (Å²) in [4.78, 5) is 11.8. The second-order valence-electron chi connectivity index (χ2n) is 5.94. The van der Waals surface area contributed by atoms with Crippen molar-refractivity contribution in [3.63, 3.8) is 0 Å². The molecule has 1 saturated carbocycles. The van der Waals surface area contributed by atoms with Crippen LogP contribution < -0.4 is 10.6 Å². The highest BCUT2D eigenvalue weighted by Gasteiger charge is 2.21.